The van der Waals surface area contributed by atoms with Crippen LogP contribution in [-0.2, 0) is 4.79 Å². The lowest BCUT2D eigenvalue weighted by Gasteiger charge is -2.11. The summed E-state index contributed by atoms with van der Waals surface area (Å²) < 4.78 is 0. The minimum Gasteiger partial charge on any atom is -0.507 e. The van der Waals surface area contributed by atoms with Crippen LogP contribution < -0.4 is 0 Å². The van der Waals surface area contributed by atoms with E-state index in [2.05, 4.69) is 4.99 Å². The molecule has 4 nitrogen and oxygen atoms in total. The molecule has 0 bridgehead atoms. The second-order valence-electron chi connectivity index (χ2n) is 5.41. The summed E-state index contributed by atoms with van der Waals surface area (Å²) in [5.41, 5.74) is 2.10. The maximum atomic E-state index is 11.2. The first-order valence-corrected chi connectivity index (χ1v) is 7.14. The Morgan fingerprint density at radius 1 is 1.09 bits per heavy atom. The Bertz CT molecular complexity index is 678. The molecule has 2 aromatic rings. The Balaban J connectivity index is 2.36. The topological polar surface area (TPSA) is 69.9 Å². The number of phenols is 1. The molecule has 114 valence electrons. The van der Waals surface area contributed by atoms with Gasteiger partial charge in [0.2, 0.25) is 0 Å². The van der Waals surface area contributed by atoms with Gasteiger partial charge in [0.1, 0.15) is 11.8 Å². The van der Waals surface area contributed by atoms with Gasteiger partial charge in [0, 0.05) is 17.3 Å². The van der Waals surface area contributed by atoms with Gasteiger partial charge in [-0.1, -0.05) is 56.3 Å². The number of carboxylic acids is 1. The first-order valence-electron chi connectivity index (χ1n) is 7.14. The number of hydrogen-bond donors (Lipinski definition) is 2. The number of phenolic OH excluding ortho intramolecular Hbond substituents is 1. The van der Waals surface area contributed by atoms with Gasteiger partial charge < -0.3 is 10.2 Å². The van der Waals surface area contributed by atoms with E-state index in [-0.39, 0.29) is 11.7 Å². The first kappa shape index (κ1) is 15.8. The molecule has 1 atom stereocenters. The minimum atomic E-state index is -0.968. The Morgan fingerprint density at radius 2 is 1.77 bits per heavy atom. The molecule has 2 N–H and O–H groups in total. The monoisotopic (exact) mass is 297 g/mol. The van der Waals surface area contributed by atoms with E-state index in [4.69, 9.17) is 5.11 Å². The normalized spacial score (nSPS) is 12.7. The van der Waals surface area contributed by atoms with Crippen LogP contribution in [0.5, 0.6) is 5.75 Å². The van der Waals surface area contributed by atoms with Crippen LogP contribution in [0, 0.1) is 5.92 Å². The molecule has 0 aliphatic carbocycles. The van der Waals surface area contributed by atoms with Crippen LogP contribution in [-0.4, -0.2) is 28.4 Å². The fourth-order valence-electron chi connectivity index (χ4n) is 2.20. The summed E-state index contributed by atoms with van der Waals surface area (Å²) >= 11 is 0. The lowest BCUT2D eigenvalue weighted by atomic mass is 10.0. The second kappa shape index (κ2) is 6.89. The van der Waals surface area contributed by atoms with E-state index in [9.17, 15) is 9.90 Å². The number of carbonyl (C=O) groups is 1. The number of rotatable bonds is 5. The average molecular weight is 297 g/mol. The lowest BCUT2D eigenvalue weighted by molar-refractivity contribution is -0.139. The summed E-state index contributed by atoms with van der Waals surface area (Å²) in [6.07, 6.45) is 1.43. The molecule has 2 rings (SSSR count). The molecule has 0 spiro atoms. The Morgan fingerprint density at radius 3 is 2.36 bits per heavy atom. The molecule has 0 radical (unpaired) electrons. The maximum Gasteiger partial charge on any atom is 0.328 e. The molecule has 0 saturated carbocycles. The summed E-state index contributed by atoms with van der Waals surface area (Å²) in [5.74, 6) is -0.983. The molecule has 0 aliphatic rings. The fraction of sp³-hybridized carbons (Fsp3) is 0.222. The third-order valence-electron chi connectivity index (χ3n) is 3.41. The molecule has 22 heavy (non-hydrogen) atoms. The van der Waals surface area contributed by atoms with Gasteiger partial charge in [0.25, 0.3) is 0 Å². The van der Waals surface area contributed by atoms with Crippen LogP contribution in [0.3, 0.4) is 0 Å². The number of para-hydroxylation sites is 1. The molecule has 0 heterocycles. The number of aliphatic carboxylic acids is 1. The van der Waals surface area contributed by atoms with E-state index in [0.717, 1.165) is 5.56 Å². The Kier molecular flexibility index (Phi) is 4.94. The largest absolute Gasteiger partial charge is 0.507 e. The van der Waals surface area contributed by atoms with E-state index < -0.39 is 12.0 Å². The molecule has 0 unspecified atom stereocenters. The zero-order valence-corrected chi connectivity index (χ0v) is 12.6. The van der Waals surface area contributed by atoms with Gasteiger partial charge in [-0.25, -0.2) is 4.79 Å². The van der Waals surface area contributed by atoms with Gasteiger partial charge in [0.15, 0.2) is 0 Å². The highest BCUT2D eigenvalue weighted by atomic mass is 16.4. The number of nitrogens with zero attached hydrogens (tertiary/aromatic N) is 1. The van der Waals surface area contributed by atoms with E-state index in [1.54, 1.807) is 19.9 Å². The lowest BCUT2D eigenvalue weighted by Crippen LogP contribution is -2.24. The van der Waals surface area contributed by atoms with Crippen molar-refractivity contribution in [3.05, 3.63) is 54.1 Å². The number of aromatic hydroxyl groups is 1. The summed E-state index contributed by atoms with van der Waals surface area (Å²) in [4.78, 5) is 15.3. The molecule has 0 saturated heterocycles. The van der Waals surface area contributed by atoms with Gasteiger partial charge in [-0.3, -0.25) is 4.99 Å². The summed E-state index contributed by atoms with van der Waals surface area (Å²) in [6, 6.07) is 14.0. The molecule has 4 heteroatoms. The predicted molar refractivity (Wildman–Crippen MR) is 87.4 cm³/mol. The van der Waals surface area contributed by atoms with Gasteiger partial charge in [-0.15, -0.1) is 0 Å². The van der Waals surface area contributed by atoms with E-state index in [0.29, 0.717) is 11.1 Å². The number of benzene rings is 2. The van der Waals surface area contributed by atoms with Crippen LogP contribution in [0.1, 0.15) is 19.4 Å². The molecular formula is C18H19NO3. The smallest absolute Gasteiger partial charge is 0.328 e. The van der Waals surface area contributed by atoms with E-state index >= 15 is 0 Å². The van der Waals surface area contributed by atoms with Crippen LogP contribution in [0.15, 0.2) is 53.5 Å². The first-order chi connectivity index (χ1) is 10.5. The summed E-state index contributed by atoms with van der Waals surface area (Å²) in [5, 5.41) is 19.5. The van der Waals surface area contributed by atoms with Crippen molar-refractivity contribution in [3.63, 3.8) is 0 Å². The summed E-state index contributed by atoms with van der Waals surface area (Å²) in [7, 11) is 0. The van der Waals surface area contributed by atoms with Gasteiger partial charge in [0.05, 0.1) is 0 Å². The fourth-order valence-corrected chi connectivity index (χ4v) is 2.20. The molecule has 0 aromatic heterocycles. The highest BCUT2D eigenvalue weighted by Gasteiger charge is 2.19. The second-order valence-corrected chi connectivity index (χ2v) is 5.41. The molecular weight excluding hydrogens is 278 g/mol. The quantitative estimate of drug-likeness (QED) is 0.829. The minimum absolute atomic E-state index is 0.102. The number of hydrogen-bond acceptors (Lipinski definition) is 3. The molecule has 0 aliphatic heterocycles. The van der Waals surface area contributed by atoms with Crippen molar-refractivity contribution in [1.82, 2.24) is 0 Å². The van der Waals surface area contributed by atoms with Crippen molar-refractivity contribution in [2.45, 2.75) is 19.9 Å². The van der Waals surface area contributed by atoms with Crippen molar-refractivity contribution in [1.29, 1.82) is 0 Å². The van der Waals surface area contributed by atoms with Gasteiger partial charge >= 0.3 is 5.97 Å². The highest BCUT2D eigenvalue weighted by Crippen LogP contribution is 2.31. The van der Waals surface area contributed by atoms with Crippen molar-refractivity contribution >= 4 is 12.2 Å². The van der Waals surface area contributed by atoms with E-state index in [1.807, 2.05) is 42.5 Å². The zero-order chi connectivity index (χ0) is 16.1. The number of aliphatic imine (C=N–C) groups is 1. The highest BCUT2D eigenvalue weighted by molar-refractivity contribution is 5.90. The Hall–Kier alpha value is -2.62. The third kappa shape index (κ3) is 3.52. The third-order valence-corrected chi connectivity index (χ3v) is 3.41. The van der Waals surface area contributed by atoms with Gasteiger partial charge in [-0.05, 0) is 17.5 Å². The summed E-state index contributed by atoms with van der Waals surface area (Å²) in [6.45, 7) is 3.60. The average Bonchev–Trinajstić information content (AvgIpc) is 2.49. The van der Waals surface area contributed by atoms with Crippen LogP contribution in [0.25, 0.3) is 11.1 Å². The number of carboxylic acid groups (broad SMARTS) is 1. The molecule has 0 fully saturated rings. The van der Waals surface area contributed by atoms with Crippen molar-refractivity contribution in [2.24, 2.45) is 10.9 Å². The maximum absolute atomic E-state index is 11.2. The predicted octanol–water partition coefficient (Wildman–Crippen LogP) is 3.59. The van der Waals surface area contributed by atoms with Crippen molar-refractivity contribution in [3.8, 4) is 16.9 Å². The van der Waals surface area contributed by atoms with Crippen LogP contribution in [0.2, 0.25) is 0 Å². The van der Waals surface area contributed by atoms with Crippen molar-refractivity contribution in [2.75, 3.05) is 0 Å². The Labute approximate surface area is 129 Å². The molecule has 2 aromatic carbocycles. The van der Waals surface area contributed by atoms with Crippen LogP contribution >= 0.6 is 0 Å². The SMILES string of the molecule is CC(C)[C@H](/N=C\c1cccc(-c2ccccc2)c1O)C(=O)O. The standard InChI is InChI=1S/C18H19NO3/c1-12(2)16(18(21)22)19-11-14-9-6-10-15(17(14)20)13-7-4-3-5-8-13/h3-12,16,20H,1-2H3,(H,21,22)/b19-11-/t16-/m0/s1. The zero-order valence-electron chi connectivity index (χ0n) is 12.6. The van der Waals surface area contributed by atoms with E-state index in [1.165, 1.54) is 6.21 Å². The van der Waals surface area contributed by atoms with Crippen molar-refractivity contribution < 1.29 is 15.0 Å². The molecule has 0 amide bonds. The van der Waals surface area contributed by atoms with Crippen LogP contribution in [0.4, 0.5) is 0 Å². The van der Waals surface area contributed by atoms with Gasteiger partial charge in [-0.2, -0.15) is 0 Å².